The third-order valence-corrected chi connectivity index (χ3v) is 8.65. The van der Waals surface area contributed by atoms with Crippen molar-refractivity contribution in [1.82, 2.24) is 39.0 Å². The zero-order chi connectivity index (χ0) is 35.9. The topological polar surface area (TPSA) is 172 Å². The number of carbonyl (C=O) groups is 2. The predicted octanol–water partition coefficient (Wildman–Crippen LogP) is 7.01. The van der Waals surface area contributed by atoms with Crippen molar-refractivity contribution in [2.75, 3.05) is 10.6 Å². The summed E-state index contributed by atoms with van der Waals surface area (Å²) >= 11 is 0. The van der Waals surface area contributed by atoms with Gasteiger partial charge < -0.3 is 28.6 Å². The Balaban J connectivity index is 1.11. The van der Waals surface area contributed by atoms with E-state index in [2.05, 4.69) is 57.2 Å². The molecule has 2 amide bonds. The molecule has 6 aromatic heterocycles. The molecule has 0 aliphatic heterocycles. The first-order valence-corrected chi connectivity index (χ1v) is 16.5. The van der Waals surface area contributed by atoms with Gasteiger partial charge in [0.05, 0.1) is 42.1 Å². The quantitative estimate of drug-likeness (QED) is 0.160. The van der Waals surface area contributed by atoms with Crippen LogP contribution in [0.5, 0.6) is 0 Å². The Morgan fingerprint density at radius 2 is 1.52 bits per heavy atom. The average molecular weight is 693 g/mol. The summed E-state index contributed by atoms with van der Waals surface area (Å²) in [6, 6.07) is 13.9. The molecule has 0 fully saturated rings. The zero-order valence-electron chi connectivity index (χ0n) is 28.7. The molecular formula is C38H32N10O4. The lowest BCUT2D eigenvalue weighted by Crippen LogP contribution is -2.13. The van der Waals surface area contributed by atoms with Crippen LogP contribution >= 0.6 is 0 Å². The third kappa shape index (κ3) is 6.28. The Bertz CT molecular complexity index is 2630. The number of oxazole rings is 2. The number of anilines is 2. The molecule has 2 aromatic carbocycles. The van der Waals surface area contributed by atoms with E-state index in [4.69, 9.17) is 8.83 Å². The van der Waals surface area contributed by atoms with Crippen LogP contribution in [-0.4, -0.2) is 50.9 Å². The van der Waals surface area contributed by atoms with Crippen molar-refractivity contribution >= 4 is 45.0 Å². The van der Waals surface area contributed by atoms with E-state index in [1.165, 1.54) is 12.5 Å². The van der Waals surface area contributed by atoms with Crippen LogP contribution in [0.1, 0.15) is 58.1 Å². The SMILES string of the molecule is Cc1coc(C(=O)Nc2cc3cc(-c4cncn4Cc4cc(-c5cncn5C)cc5cc(NC(=O)c6coc(C(C)C)n6)ncc45)ccc3cn2)n1. The van der Waals surface area contributed by atoms with E-state index in [-0.39, 0.29) is 17.5 Å². The van der Waals surface area contributed by atoms with Gasteiger partial charge >= 0.3 is 5.91 Å². The van der Waals surface area contributed by atoms with Gasteiger partial charge in [-0.05, 0) is 53.6 Å². The lowest BCUT2D eigenvalue weighted by molar-refractivity contribution is 0.0988. The molecule has 52 heavy (non-hydrogen) atoms. The third-order valence-electron chi connectivity index (χ3n) is 8.65. The van der Waals surface area contributed by atoms with E-state index in [0.717, 1.165) is 49.6 Å². The van der Waals surface area contributed by atoms with Gasteiger partial charge in [0.2, 0.25) is 0 Å². The fourth-order valence-corrected chi connectivity index (χ4v) is 6.02. The van der Waals surface area contributed by atoms with Gasteiger partial charge in [-0.2, -0.15) is 0 Å². The highest BCUT2D eigenvalue weighted by Crippen LogP contribution is 2.31. The minimum atomic E-state index is -0.478. The number of benzene rings is 2. The highest BCUT2D eigenvalue weighted by atomic mass is 16.4. The smallest absolute Gasteiger partial charge is 0.312 e. The van der Waals surface area contributed by atoms with Crippen molar-refractivity contribution in [1.29, 1.82) is 0 Å². The van der Waals surface area contributed by atoms with Gasteiger partial charge in [-0.3, -0.25) is 9.59 Å². The second-order valence-corrected chi connectivity index (χ2v) is 12.8. The number of hydrogen-bond acceptors (Lipinski definition) is 10. The van der Waals surface area contributed by atoms with Gasteiger partial charge in [0.25, 0.3) is 11.8 Å². The normalized spacial score (nSPS) is 11.5. The van der Waals surface area contributed by atoms with E-state index < -0.39 is 11.8 Å². The van der Waals surface area contributed by atoms with Gasteiger partial charge in [0.15, 0.2) is 11.6 Å². The number of rotatable bonds is 9. The first-order chi connectivity index (χ1) is 25.2. The maximum atomic E-state index is 13.0. The van der Waals surface area contributed by atoms with E-state index in [1.807, 2.05) is 68.2 Å². The lowest BCUT2D eigenvalue weighted by atomic mass is 10.00. The molecule has 14 heteroatoms. The van der Waals surface area contributed by atoms with Crippen molar-refractivity contribution in [3.05, 3.63) is 121 Å². The molecule has 0 atom stereocenters. The maximum Gasteiger partial charge on any atom is 0.312 e. The van der Waals surface area contributed by atoms with Crippen LogP contribution in [0.3, 0.4) is 0 Å². The number of imidazole rings is 2. The summed E-state index contributed by atoms with van der Waals surface area (Å²) < 4.78 is 14.7. The molecule has 2 N–H and O–H groups in total. The van der Waals surface area contributed by atoms with Crippen LogP contribution in [0.25, 0.3) is 44.1 Å². The Morgan fingerprint density at radius 3 is 2.27 bits per heavy atom. The number of nitrogens with one attached hydrogen (secondary N) is 2. The van der Waals surface area contributed by atoms with Gasteiger partial charge in [0.1, 0.15) is 24.2 Å². The van der Waals surface area contributed by atoms with Gasteiger partial charge in [-0.25, -0.2) is 29.9 Å². The van der Waals surface area contributed by atoms with Crippen LogP contribution < -0.4 is 10.6 Å². The Labute approximate surface area is 296 Å². The molecule has 0 saturated heterocycles. The average Bonchev–Trinajstić information content (AvgIpc) is 3.96. The molecule has 0 aliphatic rings. The zero-order valence-corrected chi connectivity index (χ0v) is 28.7. The lowest BCUT2D eigenvalue weighted by Gasteiger charge is -2.15. The van der Waals surface area contributed by atoms with Crippen molar-refractivity contribution < 1.29 is 18.4 Å². The number of hydrogen-bond donors (Lipinski definition) is 2. The van der Waals surface area contributed by atoms with Gasteiger partial charge in [0, 0.05) is 53.8 Å². The monoisotopic (exact) mass is 692 g/mol. The molecule has 8 aromatic rings. The molecule has 0 saturated carbocycles. The highest BCUT2D eigenvalue weighted by molar-refractivity contribution is 6.03. The molecular weight excluding hydrogens is 660 g/mol. The summed E-state index contributed by atoms with van der Waals surface area (Å²) in [4.78, 5) is 51.9. The summed E-state index contributed by atoms with van der Waals surface area (Å²) in [5.41, 5.74) is 5.51. The summed E-state index contributed by atoms with van der Waals surface area (Å²) in [5, 5.41) is 9.21. The molecule has 0 aliphatic carbocycles. The second kappa shape index (κ2) is 13.1. The van der Waals surface area contributed by atoms with Crippen molar-refractivity contribution in [2.24, 2.45) is 7.05 Å². The molecule has 0 spiro atoms. The van der Waals surface area contributed by atoms with E-state index >= 15 is 0 Å². The van der Waals surface area contributed by atoms with Crippen LogP contribution in [-0.2, 0) is 13.6 Å². The highest BCUT2D eigenvalue weighted by Gasteiger charge is 2.18. The Hall–Kier alpha value is -6.96. The molecule has 6 heterocycles. The molecule has 8 rings (SSSR count). The van der Waals surface area contributed by atoms with Crippen molar-refractivity contribution in [3.8, 4) is 22.5 Å². The summed E-state index contributed by atoms with van der Waals surface area (Å²) in [7, 11) is 1.95. The number of fused-ring (bicyclic) bond motifs is 2. The second-order valence-electron chi connectivity index (χ2n) is 12.8. The number of aryl methyl sites for hydroxylation is 2. The molecule has 0 bridgehead atoms. The Kier molecular flexibility index (Phi) is 8.10. The van der Waals surface area contributed by atoms with Gasteiger partial charge in [-0.15, -0.1) is 0 Å². The largest absolute Gasteiger partial charge is 0.448 e. The van der Waals surface area contributed by atoms with Gasteiger partial charge in [-0.1, -0.05) is 26.0 Å². The molecule has 0 radical (unpaired) electrons. The summed E-state index contributed by atoms with van der Waals surface area (Å²) in [5.74, 6) is 0.407. The number of carbonyl (C=O) groups excluding carboxylic acids is 2. The van der Waals surface area contributed by atoms with Crippen LogP contribution in [0.4, 0.5) is 11.6 Å². The number of pyridine rings is 2. The fraction of sp³-hybridized carbons (Fsp3) is 0.158. The maximum absolute atomic E-state index is 13.0. The van der Waals surface area contributed by atoms with E-state index in [9.17, 15) is 9.59 Å². The molecule has 14 nitrogen and oxygen atoms in total. The number of aromatic nitrogens is 8. The van der Waals surface area contributed by atoms with Crippen molar-refractivity contribution in [3.63, 3.8) is 0 Å². The van der Waals surface area contributed by atoms with E-state index in [1.54, 1.807) is 32.0 Å². The summed E-state index contributed by atoms with van der Waals surface area (Å²) in [6.45, 7) is 6.13. The first-order valence-electron chi connectivity index (χ1n) is 16.5. The summed E-state index contributed by atoms with van der Waals surface area (Å²) in [6.07, 6.45) is 13.5. The van der Waals surface area contributed by atoms with Crippen LogP contribution in [0, 0.1) is 6.92 Å². The minimum absolute atomic E-state index is 0.0278. The Morgan fingerprint density at radius 1 is 0.769 bits per heavy atom. The minimum Gasteiger partial charge on any atom is -0.448 e. The van der Waals surface area contributed by atoms with Crippen LogP contribution in [0.2, 0.25) is 0 Å². The van der Waals surface area contributed by atoms with E-state index in [0.29, 0.717) is 29.8 Å². The predicted molar refractivity (Wildman–Crippen MR) is 194 cm³/mol. The molecule has 258 valence electrons. The fourth-order valence-electron chi connectivity index (χ4n) is 6.02. The van der Waals surface area contributed by atoms with Crippen LogP contribution in [0.15, 0.2) is 101 Å². The number of amides is 2. The standard InChI is InChI=1S/C38H32N10O4/c1-21(2)37-44-30(18-52-37)35(49)45-34-11-26-8-27(31-14-39-19-47(31)4)9-28(29(26)13-42-34)16-48-20-40-15-32(48)23-5-6-24-12-41-33(10-25(24)7-23)46-36(50)38-43-22(3)17-51-38/h5-15,17-21H,16H2,1-4H3,(H,41,46,50)(H,42,45,49). The number of nitrogens with zero attached hydrogens (tertiary/aromatic N) is 8. The molecule has 0 unspecified atom stereocenters. The first kappa shape index (κ1) is 32.3. The van der Waals surface area contributed by atoms with Crippen molar-refractivity contribution in [2.45, 2.75) is 33.2 Å².